The van der Waals surface area contributed by atoms with Crippen LogP contribution < -0.4 is 0 Å². The molecule has 2 aromatic heterocycles. The largest absolute Gasteiger partial charge is 0.455 e. The van der Waals surface area contributed by atoms with Crippen LogP contribution in [0.4, 0.5) is 0 Å². The SMILES string of the molecule is c1ccc(-c2ccc3oc4c5ccccc5c(-c5ccc(-c6nc(-c7ccccc7)nc(-c7ccccc7)n6)cc5)cc4c3c2)cc1. The van der Waals surface area contributed by atoms with Crippen molar-refractivity contribution in [2.24, 2.45) is 0 Å². The number of nitrogens with zero attached hydrogens (tertiary/aromatic N) is 3. The number of hydrogen-bond donors (Lipinski definition) is 0. The number of aromatic nitrogens is 3. The molecule has 9 aromatic rings. The lowest BCUT2D eigenvalue weighted by Gasteiger charge is -2.11. The van der Waals surface area contributed by atoms with Crippen LogP contribution in [0.15, 0.2) is 168 Å². The molecule has 0 fully saturated rings. The molecule has 0 aliphatic rings. The summed E-state index contributed by atoms with van der Waals surface area (Å²) in [4.78, 5) is 14.7. The predicted octanol–water partition coefficient (Wildman–Crippen LogP) is 11.3. The van der Waals surface area contributed by atoms with Crippen molar-refractivity contribution in [3.63, 3.8) is 0 Å². The summed E-state index contributed by atoms with van der Waals surface area (Å²) in [6.07, 6.45) is 0. The maximum absolute atomic E-state index is 6.50. The van der Waals surface area contributed by atoms with Crippen LogP contribution in [0.25, 0.3) is 89.1 Å². The molecule has 220 valence electrons. The van der Waals surface area contributed by atoms with Gasteiger partial charge in [0.15, 0.2) is 17.5 Å². The lowest BCUT2D eigenvalue weighted by atomic mass is 9.94. The van der Waals surface area contributed by atoms with E-state index >= 15 is 0 Å². The second-order valence-electron chi connectivity index (χ2n) is 11.6. The molecule has 0 bridgehead atoms. The minimum atomic E-state index is 0.638. The fraction of sp³-hybridized carbons (Fsp3) is 0. The third kappa shape index (κ3) is 4.84. The zero-order valence-corrected chi connectivity index (χ0v) is 25.3. The molecule has 4 heteroatoms. The molecule has 0 saturated carbocycles. The third-order valence-electron chi connectivity index (χ3n) is 8.74. The van der Waals surface area contributed by atoms with Crippen molar-refractivity contribution in [1.29, 1.82) is 0 Å². The Morgan fingerprint density at radius 3 is 1.38 bits per heavy atom. The fourth-order valence-corrected chi connectivity index (χ4v) is 6.38. The van der Waals surface area contributed by atoms with E-state index < -0.39 is 0 Å². The predicted molar refractivity (Wildman–Crippen MR) is 192 cm³/mol. The van der Waals surface area contributed by atoms with Crippen LogP contribution in [0.5, 0.6) is 0 Å². The fourth-order valence-electron chi connectivity index (χ4n) is 6.38. The molecule has 0 radical (unpaired) electrons. The number of furan rings is 1. The van der Waals surface area contributed by atoms with Crippen molar-refractivity contribution in [2.45, 2.75) is 0 Å². The van der Waals surface area contributed by atoms with E-state index in [1.54, 1.807) is 0 Å². The lowest BCUT2D eigenvalue weighted by molar-refractivity contribution is 0.673. The van der Waals surface area contributed by atoms with E-state index in [2.05, 4.69) is 97.1 Å². The monoisotopic (exact) mass is 601 g/mol. The molecule has 2 heterocycles. The zero-order valence-electron chi connectivity index (χ0n) is 25.3. The van der Waals surface area contributed by atoms with Gasteiger partial charge in [-0.15, -0.1) is 0 Å². The van der Waals surface area contributed by atoms with Crippen molar-refractivity contribution in [2.75, 3.05) is 0 Å². The molecule has 0 unspecified atom stereocenters. The Morgan fingerprint density at radius 2 is 0.787 bits per heavy atom. The van der Waals surface area contributed by atoms with E-state index in [9.17, 15) is 0 Å². The molecule has 9 rings (SSSR count). The highest BCUT2D eigenvalue weighted by molar-refractivity contribution is 6.19. The standard InChI is InChI=1S/C43H27N3O/c1-4-12-28(13-5-1)33-24-25-39-37(26-33)38-27-36(34-18-10-11-19-35(34)40(38)47-39)29-20-22-32(23-21-29)43-45-41(30-14-6-2-7-15-30)44-42(46-43)31-16-8-3-9-17-31/h1-27H. The van der Waals surface area contributed by atoms with Crippen LogP contribution in [-0.4, -0.2) is 15.0 Å². The maximum Gasteiger partial charge on any atom is 0.164 e. The van der Waals surface area contributed by atoms with Gasteiger partial charge >= 0.3 is 0 Å². The van der Waals surface area contributed by atoms with Gasteiger partial charge in [0.25, 0.3) is 0 Å². The first kappa shape index (κ1) is 27.0. The van der Waals surface area contributed by atoms with Crippen molar-refractivity contribution >= 4 is 32.7 Å². The van der Waals surface area contributed by atoms with Crippen molar-refractivity contribution < 1.29 is 4.42 Å². The lowest BCUT2D eigenvalue weighted by Crippen LogP contribution is -2.00. The summed E-state index contributed by atoms with van der Waals surface area (Å²) in [7, 11) is 0. The number of rotatable bonds is 5. The Morgan fingerprint density at radius 1 is 0.319 bits per heavy atom. The van der Waals surface area contributed by atoms with Crippen LogP contribution in [0, 0.1) is 0 Å². The first-order valence-corrected chi connectivity index (χ1v) is 15.7. The molecule has 7 aromatic carbocycles. The Labute approximate surface area is 271 Å². The van der Waals surface area contributed by atoms with Gasteiger partial charge in [-0.3, -0.25) is 0 Å². The molecule has 0 spiro atoms. The average Bonchev–Trinajstić information content (AvgIpc) is 3.54. The molecule has 4 nitrogen and oxygen atoms in total. The van der Waals surface area contributed by atoms with Crippen LogP contribution >= 0.6 is 0 Å². The maximum atomic E-state index is 6.50. The second-order valence-corrected chi connectivity index (χ2v) is 11.6. The summed E-state index contributed by atoms with van der Waals surface area (Å²) in [6.45, 7) is 0. The topological polar surface area (TPSA) is 51.8 Å². The molecule has 0 amide bonds. The summed E-state index contributed by atoms with van der Waals surface area (Å²) in [5.74, 6) is 1.94. The smallest absolute Gasteiger partial charge is 0.164 e. The van der Waals surface area contributed by atoms with E-state index in [0.717, 1.165) is 60.5 Å². The quantitative estimate of drug-likeness (QED) is 0.197. The van der Waals surface area contributed by atoms with E-state index in [-0.39, 0.29) is 0 Å². The number of benzene rings is 7. The Balaban J connectivity index is 1.18. The molecule has 47 heavy (non-hydrogen) atoms. The molecule has 0 aliphatic heterocycles. The minimum absolute atomic E-state index is 0.638. The first-order chi connectivity index (χ1) is 23.3. The molecule has 0 atom stereocenters. The van der Waals surface area contributed by atoms with Crippen LogP contribution in [-0.2, 0) is 0 Å². The normalized spacial score (nSPS) is 11.4. The van der Waals surface area contributed by atoms with Gasteiger partial charge in [-0.25, -0.2) is 15.0 Å². The second kappa shape index (κ2) is 11.2. The summed E-state index contributed by atoms with van der Waals surface area (Å²) < 4.78 is 6.50. The van der Waals surface area contributed by atoms with Crippen molar-refractivity contribution in [1.82, 2.24) is 15.0 Å². The summed E-state index contributed by atoms with van der Waals surface area (Å²) in [5.41, 5.74) is 9.24. The van der Waals surface area contributed by atoms with Crippen LogP contribution in [0.1, 0.15) is 0 Å². The third-order valence-corrected chi connectivity index (χ3v) is 8.74. The Bertz CT molecular complexity index is 2480. The molecule has 0 saturated heterocycles. The molecule has 0 aliphatic carbocycles. The molecule has 0 N–H and O–H groups in total. The Hall–Kier alpha value is -6.39. The highest BCUT2D eigenvalue weighted by Gasteiger charge is 2.17. The van der Waals surface area contributed by atoms with E-state index in [1.165, 1.54) is 11.1 Å². The molecular formula is C43H27N3O. The Kier molecular flexibility index (Phi) is 6.43. The minimum Gasteiger partial charge on any atom is -0.455 e. The highest BCUT2D eigenvalue weighted by Crippen LogP contribution is 2.41. The van der Waals surface area contributed by atoms with Crippen LogP contribution in [0.3, 0.4) is 0 Å². The van der Waals surface area contributed by atoms with E-state index in [0.29, 0.717) is 17.5 Å². The van der Waals surface area contributed by atoms with Gasteiger partial charge in [0, 0.05) is 32.8 Å². The van der Waals surface area contributed by atoms with Gasteiger partial charge in [-0.2, -0.15) is 0 Å². The first-order valence-electron chi connectivity index (χ1n) is 15.7. The van der Waals surface area contributed by atoms with Gasteiger partial charge in [-0.1, -0.05) is 146 Å². The average molecular weight is 602 g/mol. The van der Waals surface area contributed by atoms with Gasteiger partial charge in [0.1, 0.15) is 11.2 Å². The van der Waals surface area contributed by atoms with Gasteiger partial charge in [0.2, 0.25) is 0 Å². The van der Waals surface area contributed by atoms with Crippen molar-refractivity contribution in [3.05, 3.63) is 164 Å². The van der Waals surface area contributed by atoms with Gasteiger partial charge in [0.05, 0.1) is 0 Å². The van der Waals surface area contributed by atoms with E-state index in [1.807, 2.05) is 66.7 Å². The highest BCUT2D eigenvalue weighted by atomic mass is 16.3. The van der Waals surface area contributed by atoms with Gasteiger partial charge < -0.3 is 4.42 Å². The van der Waals surface area contributed by atoms with Crippen LogP contribution in [0.2, 0.25) is 0 Å². The summed E-state index contributed by atoms with van der Waals surface area (Å²) in [6, 6.07) is 56.4. The van der Waals surface area contributed by atoms with Crippen molar-refractivity contribution in [3.8, 4) is 56.4 Å². The van der Waals surface area contributed by atoms with E-state index in [4.69, 9.17) is 19.4 Å². The number of fused-ring (bicyclic) bond motifs is 5. The summed E-state index contributed by atoms with van der Waals surface area (Å²) >= 11 is 0. The zero-order chi connectivity index (χ0) is 31.2. The number of hydrogen-bond acceptors (Lipinski definition) is 4. The summed E-state index contributed by atoms with van der Waals surface area (Å²) in [5, 5.41) is 4.46. The van der Waals surface area contributed by atoms with Gasteiger partial charge in [-0.05, 0) is 45.8 Å². The molecular weight excluding hydrogens is 574 g/mol.